The van der Waals surface area contributed by atoms with Crippen molar-refractivity contribution in [2.24, 2.45) is 0 Å². The number of rotatable bonds is 4. The summed E-state index contributed by atoms with van der Waals surface area (Å²) in [5, 5.41) is 3.15. The quantitative estimate of drug-likeness (QED) is 0.874. The minimum atomic E-state index is 0.603. The van der Waals surface area contributed by atoms with Crippen LogP contribution in [-0.4, -0.2) is 17.1 Å². The Kier molecular flexibility index (Phi) is 3.55. The summed E-state index contributed by atoms with van der Waals surface area (Å²) >= 11 is 0. The van der Waals surface area contributed by atoms with Gasteiger partial charge in [0.15, 0.2) is 5.75 Å². The average molecular weight is 229 g/mol. The van der Waals surface area contributed by atoms with E-state index >= 15 is 0 Å². The van der Waals surface area contributed by atoms with Crippen LogP contribution in [0.25, 0.3) is 0 Å². The molecule has 1 heterocycles. The zero-order chi connectivity index (χ0) is 12.1. The van der Waals surface area contributed by atoms with E-state index in [4.69, 9.17) is 4.74 Å². The van der Waals surface area contributed by atoms with Crippen molar-refractivity contribution in [1.82, 2.24) is 9.97 Å². The van der Waals surface area contributed by atoms with Crippen LogP contribution >= 0.6 is 0 Å². The molecule has 0 atom stereocenters. The topological polar surface area (TPSA) is 47.0 Å². The maximum Gasteiger partial charge on any atom is 0.223 e. The molecule has 0 radical (unpaired) electrons. The number of benzene rings is 1. The molecule has 0 saturated carbocycles. The first-order valence-electron chi connectivity index (χ1n) is 5.43. The number of nitrogens with zero attached hydrogens (tertiary/aromatic N) is 2. The van der Waals surface area contributed by atoms with Crippen molar-refractivity contribution in [1.29, 1.82) is 0 Å². The molecule has 0 amide bonds. The van der Waals surface area contributed by atoms with Gasteiger partial charge in [0.2, 0.25) is 5.95 Å². The van der Waals surface area contributed by atoms with Crippen LogP contribution in [-0.2, 0) is 6.54 Å². The zero-order valence-electron chi connectivity index (χ0n) is 9.97. The lowest BCUT2D eigenvalue weighted by Gasteiger charge is -2.05. The van der Waals surface area contributed by atoms with E-state index in [2.05, 4.69) is 46.5 Å². The first kappa shape index (κ1) is 11.4. The van der Waals surface area contributed by atoms with Crippen LogP contribution in [0.1, 0.15) is 11.1 Å². The Labute approximate surface area is 101 Å². The third-order valence-corrected chi connectivity index (χ3v) is 2.44. The largest absolute Gasteiger partial charge is 0.494 e. The molecule has 88 valence electrons. The van der Waals surface area contributed by atoms with Gasteiger partial charge in [-0.3, -0.25) is 0 Å². The molecule has 0 spiro atoms. The van der Waals surface area contributed by atoms with Gasteiger partial charge in [0.05, 0.1) is 19.5 Å². The second kappa shape index (κ2) is 5.30. The van der Waals surface area contributed by atoms with Crippen molar-refractivity contribution in [3.8, 4) is 5.75 Å². The molecule has 0 saturated heterocycles. The Morgan fingerprint density at radius 3 is 2.35 bits per heavy atom. The molecule has 2 aromatic rings. The van der Waals surface area contributed by atoms with Crippen LogP contribution in [0.5, 0.6) is 5.75 Å². The van der Waals surface area contributed by atoms with Gasteiger partial charge in [0.25, 0.3) is 0 Å². The van der Waals surface area contributed by atoms with Crippen LogP contribution in [0.4, 0.5) is 5.95 Å². The van der Waals surface area contributed by atoms with E-state index < -0.39 is 0 Å². The Hall–Kier alpha value is -2.10. The van der Waals surface area contributed by atoms with Crippen LogP contribution in [0, 0.1) is 6.92 Å². The molecule has 2 rings (SSSR count). The molecule has 0 aliphatic heterocycles. The van der Waals surface area contributed by atoms with Crippen molar-refractivity contribution >= 4 is 5.95 Å². The maximum atomic E-state index is 4.99. The number of hydrogen-bond acceptors (Lipinski definition) is 4. The van der Waals surface area contributed by atoms with Gasteiger partial charge in [0.1, 0.15) is 0 Å². The van der Waals surface area contributed by atoms with Crippen LogP contribution in [0.2, 0.25) is 0 Å². The van der Waals surface area contributed by atoms with Crippen LogP contribution in [0.15, 0.2) is 36.7 Å². The molecule has 1 aromatic carbocycles. The lowest BCUT2D eigenvalue weighted by molar-refractivity contribution is 0.411. The molecule has 0 bridgehead atoms. The van der Waals surface area contributed by atoms with E-state index in [9.17, 15) is 0 Å². The third-order valence-electron chi connectivity index (χ3n) is 2.44. The number of nitrogens with one attached hydrogen (secondary N) is 1. The Bertz CT molecular complexity index is 465. The van der Waals surface area contributed by atoms with Crippen molar-refractivity contribution in [2.45, 2.75) is 13.5 Å². The number of aryl methyl sites for hydroxylation is 1. The van der Waals surface area contributed by atoms with Gasteiger partial charge in [-0.15, -0.1) is 0 Å². The summed E-state index contributed by atoms with van der Waals surface area (Å²) in [6.45, 7) is 2.79. The van der Waals surface area contributed by atoms with Gasteiger partial charge in [-0.25, -0.2) is 9.97 Å². The van der Waals surface area contributed by atoms with E-state index in [0.29, 0.717) is 18.2 Å². The van der Waals surface area contributed by atoms with Gasteiger partial charge in [-0.2, -0.15) is 0 Å². The fraction of sp³-hybridized carbons (Fsp3) is 0.231. The second-order valence-corrected chi connectivity index (χ2v) is 3.79. The molecule has 1 aromatic heterocycles. The first-order chi connectivity index (χ1) is 8.28. The lowest BCUT2D eigenvalue weighted by atomic mass is 10.1. The lowest BCUT2D eigenvalue weighted by Crippen LogP contribution is -2.03. The first-order valence-corrected chi connectivity index (χ1v) is 5.43. The molecule has 4 nitrogen and oxygen atoms in total. The molecule has 17 heavy (non-hydrogen) atoms. The summed E-state index contributed by atoms with van der Waals surface area (Å²) < 4.78 is 4.99. The van der Waals surface area contributed by atoms with Gasteiger partial charge in [-0.05, 0) is 12.5 Å². The van der Waals surface area contributed by atoms with Crippen molar-refractivity contribution < 1.29 is 4.74 Å². The Balaban J connectivity index is 1.95. The molecule has 4 heteroatoms. The summed E-state index contributed by atoms with van der Waals surface area (Å²) in [5.41, 5.74) is 2.46. The standard InChI is InChI=1S/C13H15N3O/c1-10-3-5-11(6-4-10)7-14-13-15-8-12(17-2)9-16-13/h3-6,8-9H,7H2,1-2H3,(H,14,15,16). The maximum absolute atomic E-state index is 4.99. The number of methoxy groups -OCH3 is 1. The summed E-state index contributed by atoms with van der Waals surface area (Å²) in [7, 11) is 1.60. The molecule has 0 fully saturated rings. The number of ether oxygens (including phenoxy) is 1. The van der Waals surface area contributed by atoms with Crippen molar-refractivity contribution in [3.05, 3.63) is 47.8 Å². The van der Waals surface area contributed by atoms with Crippen molar-refractivity contribution in [3.63, 3.8) is 0 Å². The van der Waals surface area contributed by atoms with Gasteiger partial charge >= 0.3 is 0 Å². The summed E-state index contributed by atoms with van der Waals surface area (Å²) in [6, 6.07) is 8.36. The highest BCUT2D eigenvalue weighted by molar-refractivity contribution is 5.30. The van der Waals surface area contributed by atoms with E-state index in [1.807, 2.05) is 0 Å². The van der Waals surface area contributed by atoms with E-state index in [-0.39, 0.29) is 0 Å². The molecule has 0 aliphatic carbocycles. The summed E-state index contributed by atoms with van der Waals surface area (Å²) in [5.74, 6) is 1.26. The minimum Gasteiger partial charge on any atom is -0.494 e. The Morgan fingerprint density at radius 2 is 1.76 bits per heavy atom. The zero-order valence-corrected chi connectivity index (χ0v) is 9.97. The fourth-order valence-corrected chi connectivity index (χ4v) is 1.40. The number of anilines is 1. The third kappa shape index (κ3) is 3.17. The molecular formula is C13H15N3O. The van der Waals surface area contributed by atoms with Gasteiger partial charge in [-0.1, -0.05) is 29.8 Å². The normalized spacial score (nSPS) is 10.0. The van der Waals surface area contributed by atoms with Crippen LogP contribution in [0.3, 0.4) is 0 Å². The highest BCUT2D eigenvalue weighted by Crippen LogP contribution is 2.09. The van der Waals surface area contributed by atoms with Gasteiger partial charge < -0.3 is 10.1 Å². The number of aromatic nitrogens is 2. The molecule has 0 unspecified atom stereocenters. The van der Waals surface area contributed by atoms with E-state index in [1.54, 1.807) is 19.5 Å². The summed E-state index contributed by atoms with van der Waals surface area (Å²) in [6.07, 6.45) is 3.29. The monoisotopic (exact) mass is 229 g/mol. The summed E-state index contributed by atoms with van der Waals surface area (Å²) in [4.78, 5) is 8.27. The fourth-order valence-electron chi connectivity index (χ4n) is 1.40. The minimum absolute atomic E-state index is 0.603. The van der Waals surface area contributed by atoms with E-state index in [1.165, 1.54) is 11.1 Å². The van der Waals surface area contributed by atoms with Gasteiger partial charge in [0, 0.05) is 6.54 Å². The number of hydrogen-bond donors (Lipinski definition) is 1. The molecule has 0 aliphatic rings. The predicted molar refractivity (Wildman–Crippen MR) is 67.1 cm³/mol. The molecular weight excluding hydrogens is 214 g/mol. The molecule has 1 N–H and O–H groups in total. The smallest absolute Gasteiger partial charge is 0.223 e. The predicted octanol–water partition coefficient (Wildman–Crippen LogP) is 2.41. The van der Waals surface area contributed by atoms with Crippen LogP contribution < -0.4 is 10.1 Å². The van der Waals surface area contributed by atoms with Crippen molar-refractivity contribution in [2.75, 3.05) is 12.4 Å². The second-order valence-electron chi connectivity index (χ2n) is 3.79. The average Bonchev–Trinajstić information content (AvgIpc) is 2.39. The Morgan fingerprint density at radius 1 is 1.12 bits per heavy atom. The highest BCUT2D eigenvalue weighted by Gasteiger charge is 1.97. The SMILES string of the molecule is COc1cnc(NCc2ccc(C)cc2)nc1. The van der Waals surface area contributed by atoms with E-state index in [0.717, 1.165) is 0 Å². The highest BCUT2D eigenvalue weighted by atomic mass is 16.5.